The lowest BCUT2D eigenvalue weighted by atomic mass is 9.87. The van der Waals surface area contributed by atoms with Crippen molar-refractivity contribution in [1.82, 2.24) is 36.8 Å². The van der Waals surface area contributed by atoms with Crippen molar-refractivity contribution >= 4 is 142 Å². The molecule has 0 aliphatic carbocycles. The first-order valence-electron chi connectivity index (χ1n) is 38.2. The van der Waals surface area contributed by atoms with Gasteiger partial charge in [-0.3, -0.25) is 105 Å². The molecule has 0 bridgehead atoms. The van der Waals surface area contributed by atoms with Crippen LogP contribution in [0.25, 0.3) is 0 Å². The van der Waals surface area contributed by atoms with Crippen LogP contribution in [0, 0.1) is 35.0 Å². The molecule has 1 fully saturated rings. The summed E-state index contributed by atoms with van der Waals surface area (Å²) in [4.78, 5) is 287. The molecule has 40 nitrogen and oxygen atoms in total. The number of rotatable bonds is 65. The Morgan fingerprint density at radius 3 is 1.08 bits per heavy atom. The summed E-state index contributed by atoms with van der Waals surface area (Å²) in [6, 6.07) is -11.0. The molecule has 0 saturated carbocycles. The van der Waals surface area contributed by atoms with Gasteiger partial charge in [0.15, 0.2) is 28.9 Å². The van der Waals surface area contributed by atoms with Gasteiger partial charge < -0.3 is 93.2 Å². The normalized spacial score (nSPS) is 15.5. The lowest BCUT2D eigenvalue weighted by Gasteiger charge is -2.31. The minimum Gasteiger partial charge on any atom is -0.481 e. The number of aliphatic carboxylic acids is 9. The van der Waals surface area contributed by atoms with Crippen LogP contribution >= 0.6 is 11.8 Å². The molecular formula is C75H114N8O32S. The molecule has 1 saturated heterocycles. The molecule has 0 aromatic carbocycles. The monoisotopic (exact) mass is 1670 g/mol. The number of carbonyl (C=O) groups is 22. The topological polar surface area (TPSA) is 668 Å². The number of carbonyl (C=O) groups excluding carboxylic acids is 13. The van der Waals surface area contributed by atoms with E-state index < -0.39 is 338 Å². The second-order valence-corrected chi connectivity index (χ2v) is 31.1. The van der Waals surface area contributed by atoms with Crippen LogP contribution < -0.4 is 37.6 Å². The average Bonchev–Trinajstić information content (AvgIpc) is 1.63. The third-order valence-electron chi connectivity index (χ3n) is 19.1. The van der Waals surface area contributed by atoms with Gasteiger partial charge in [0.25, 0.3) is 0 Å². The number of likely N-dealkylation sites (tertiary alicyclic amines) is 1. The van der Waals surface area contributed by atoms with Crippen LogP contribution in [0.5, 0.6) is 0 Å². The van der Waals surface area contributed by atoms with Gasteiger partial charge in [0.2, 0.25) is 41.4 Å². The van der Waals surface area contributed by atoms with Crippen LogP contribution in [0.1, 0.15) is 221 Å². The summed E-state index contributed by atoms with van der Waals surface area (Å²) in [5.41, 5.74) is 5.56. The van der Waals surface area contributed by atoms with Crippen molar-refractivity contribution in [2.45, 2.75) is 269 Å². The van der Waals surface area contributed by atoms with E-state index in [4.69, 9.17) is 15.6 Å². The van der Waals surface area contributed by atoms with Gasteiger partial charge in [-0.1, -0.05) is 34.6 Å². The fourth-order valence-corrected chi connectivity index (χ4v) is 13.3. The Morgan fingerprint density at radius 1 is 0.414 bits per heavy atom. The summed E-state index contributed by atoms with van der Waals surface area (Å²) in [6.07, 6.45) is -15.4. The van der Waals surface area contributed by atoms with Gasteiger partial charge in [-0.05, 0) is 101 Å². The summed E-state index contributed by atoms with van der Waals surface area (Å²) < 4.78 is 5.58. The zero-order valence-corrected chi connectivity index (χ0v) is 67.0. The number of nitrogens with zero attached hydrogens (tertiary/aromatic N) is 1. The molecular weight excluding hydrogens is 1560 g/mol. The van der Waals surface area contributed by atoms with Gasteiger partial charge in [0.05, 0.1) is 36.3 Å². The van der Waals surface area contributed by atoms with Crippen molar-refractivity contribution in [2.24, 2.45) is 40.7 Å². The standard InChI is InChI=1S/C75H114N8O32S/c1-40(2)33-50(53(85)20-21-59(90)82-58(39-116-6)75(3,4)5)81-74(114)51-9-7-31-83(51)60(91)38-115-32-8-10-52(84)46(16-27-66(102)103)77-71(111)42(12-23-62(94)95)35-55(87)48(18-29-68(106)107)79-73(113)44(14-25-64(98)99)37-57(89)49(19-30-69(108)109)80-72(112)43(13-24-63(96)97)36-56(88)47(17-28-67(104)105)78-70(110)41(11-22-61(92)93)34-54(86)45(76)15-26-65(100)101/h40-51,58H,7-39,76H2,1-6H3,(H,77,111)(H,78,110)(H,79,113)(H,80,112)(H,81,114)(H,82,90)(H,92,93)(H,94,95)(H,96,97)(H,98,99)(H,100,101)(H,102,103)(H,104,105)(H,106,107)(H,108,109)/t41-,42-,43-,44-,45+,46+,47+,48+,49+,50?,51-,58-/m0/s1. The Hall–Kier alpha value is -10.2. The first kappa shape index (κ1) is 104. The molecule has 1 rings (SSSR count). The molecule has 1 heterocycles. The fraction of sp³-hybridized carbons (Fsp3) is 0.707. The predicted octanol–water partition coefficient (Wildman–Crippen LogP) is 1.47. The van der Waals surface area contributed by atoms with E-state index in [0.717, 1.165) is 0 Å². The number of ether oxygens (including phenoxy) is 1. The van der Waals surface area contributed by atoms with E-state index in [1.165, 1.54) is 4.90 Å². The lowest BCUT2D eigenvalue weighted by Crippen LogP contribution is -2.52. The van der Waals surface area contributed by atoms with Gasteiger partial charge in [-0.15, -0.1) is 0 Å². The van der Waals surface area contributed by atoms with Crippen molar-refractivity contribution in [2.75, 3.05) is 31.8 Å². The zero-order chi connectivity index (χ0) is 88.3. The van der Waals surface area contributed by atoms with Crippen LogP contribution in [-0.4, -0.2) is 261 Å². The molecule has 7 amide bonds. The predicted molar refractivity (Wildman–Crippen MR) is 405 cm³/mol. The Bertz CT molecular complexity index is 3490. The lowest BCUT2D eigenvalue weighted by molar-refractivity contribution is -0.142. The molecule has 1 aliphatic rings. The summed E-state index contributed by atoms with van der Waals surface area (Å²) in [5, 5.41) is 101. The minimum absolute atomic E-state index is 0.0473. The number of amides is 7. The number of thioether (sulfide) groups is 1. The maximum Gasteiger partial charge on any atom is 0.303 e. The Kier molecular flexibility index (Phi) is 48.2. The van der Waals surface area contributed by atoms with Crippen LogP contribution in [0.4, 0.5) is 0 Å². The number of carboxylic acids is 9. The molecule has 1 aliphatic heterocycles. The molecule has 0 radical (unpaired) electrons. The van der Waals surface area contributed by atoms with Crippen molar-refractivity contribution in [3.05, 3.63) is 0 Å². The molecule has 116 heavy (non-hydrogen) atoms. The summed E-state index contributed by atoms with van der Waals surface area (Å²) in [7, 11) is 0. The third-order valence-corrected chi connectivity index (χ3v) is 19.8. The van der Waals surface area contributed by atoms with E-state index >= 15 is 0 Å². The second-order valence-electron chi connectivity index (χ2n) is 30.2. The van der Waals surface area contributed by atoms with E-state index in [-0.39, 0.29) is 74.3 Å². The van der Waals surface area contributed by atoms with Crippen molar-refractivity contribution in [1.29, 1.82) is 0 Å². The summed E-state index contributed by atoms with van der Waals surface area (Å²) >= 11 is 1.57. The number of carboxylic acid groups (broad SMARTS) is 9. The van der Waals surface area contributed by atoms with Gasteiger partial charge >= 0.3 is 53.7 Å². The first-order valence-corrected chi connectivity index (χ1v) is 39.6. The van der Waals surface area contributed by atoms with Crippen LogP contribution in [0.2, 0.25) is 0 Å². The highest BCUT2D eigenvalue weighted by Gasteiger charge is 2.40. The molecule has 0 spiro atoms. The number of ketones is 6. The number of hydrogen-bond donors (Lipinski definition) is 16. The summed E-state index contributed by atoms with van der Waals surface area (Å²) in [6.45, 7) is 8.98. The SMILES string of the molecule is CSC[C@H](NC(=O)CCC(=O)C(CC(C)C)NC(=O)[C@@H]1CCCN1C(=O)COCCCC(=O)[C@@H](CCC(=O)O)NC(=O)[C@@H](CCC(=O)O)CC(=O)[C@@H](CCC(=O)O)NC(=O)[C@@H](CCC(=O)O)CC(=O)[C@@H](CCC(=O)O)NC(=O)[C@@H](CCC(=O)O)CC(=O)[C@@H](CCC(=O)O)NC(=O)[C@@H](CCC(=O)O)CC(=O)[C@H](N)CCC(=O)O)C(C)(C)C. The third kappa shape index (κ3) is 43.5. The van der Waals surface area contributed by atoms with E-state index in [2.05, 4.69) is 31.9 Å². The maximum atomic E-state index is 14.4. The van der Waals surface area contributed by atoms with Crippen molar-refractivity contribution in [3.63, 3.8) is 0 Å². The van der Waals surface area contributed by atoms with Crippen molar-refractivity contribution < 1.29 is 156 Å². The second kappa shape index (κ2) is 53.9. The van der Waals surface area contributed by atoms with Gasteiger partial charge in [0, 0.05) is 151 Å². The Morgan fingerprint density at radius 2 is 0.741 bits per heavy atom. The number of hydrogen-bond acceptors (Lipinski definition) is 25. The number of nitrogens with two attached hydrogens (primary N) is 1. The molecule has 0 aromatic rings. The molecule has 1 unspecified atom stereocenters. The smallest absolute Gasteiger partial charge is 0.303 e. The number of Topliss-reactive ketones (excluding diaryl/α,β-unsaturated/α-hetero) is 6. The average molecular weight is 1670 g/mol. The zero-order valence-electron chi connectivity index (χ0n) is 66.2. The quantitative estimate of drug-likeness (QED) is 0.0383. The number of nitrogens with one attached hydrogen (secondary N) is 6. The molecule has 652 valence electrons. The Labute approximate surface area is 673 Å². The van der Waals surface area contributed by atoms with Crippen LogP contribution in [0.15, 0.2) is 0 Å². The largest absolute Gasteiger partial charge is 0.481 e. The van der Waals surface area contributed by atoms with Gasteiger partial charge in [-0.25, -0.2) is 0 Å². The van der Waals surface area contributed by atoms with Crippen LogP contribution in [-0.2, 0) is 110 Å². The highest BCUT2D eigenvalue weighted by atomic mass is 32.2. The van der Waals surface area contributed by atoms with Crippen molar-refractivity contribution in [3.8, 4) is 0 Å². The van der Waals surface area contributed by atoms with E-state index in [1.807, 2.05) is 40.9 Å². The van der Waals surface area contributed by atoms with E-state index in [0.29, 0.717) is 12.2 Å². The van der Waals surface area contributed by atoms with Gasteiger partial charge in [-0.2, -0.15) is 11.8 Å². The minimum atomic E-state index is -1.99. The highest BCUT2D eigenvalue weighted by molar-refractivity contribution is 7.98. The van der Waals surface area contributed by atoms with Gasteiger partial charge in [0.1, 0.15) is 18.4 Å². The highest BCUT2D eigenvalue weighted by Crippen LogP contribution is 2.26. The molecule has 17 N–H and O–H groups in total. The first-order chi connectivity index (χ1) is 54.1. The Balaban J connectivity index is 3.53. The van der Waals surface area contributed by atoms with E-state index in [1.54, 1.807) is 11.8 Å². The maximum absolute atomic E-state index is 14.4. The molecule has 0 aromatic heterocycles. The molecule has 41 heteroatoms. The van der Waals surface area contributed by atoms with E-state index in [9.17, 15) is 146 Å². The fourth-order valence-electron chi connectivity index (χ4n) is 12.4. The molecule has 12 atom stereocenters. The van der Waals surface area contributed by atoms with Crippen LogP contribution in [0.3, 0.4) is 0 Å². The summed E-state index contributed by atoms with van der Waals surface area (Å²) in [5.74, 6) is -32.1.